The number of hydrogen-bond donors (Lipinski definition) is 2. The summed E-state index contributed by atoms with van der Waals surface area (Å²) in [6.45, 7) is 2.13. The first-order valence-corrected chi connectivity index (χ1v) is 5.24. The maximum atomic E-state index is 3.49. The molecule has 1 aromatic heterocycles. The van der Waals surface area contributed by atoms with E-state index in [1.54, 1.807) is 0 Å². The van der Waals surface area contributed by atoms with Crippen molar-refractivity contribution in [1.82, 2.24) is 10.3 Å². The number of para-hydroxylation sites is 1. The Morgan fingerprint density at radius 3 is 3.07 bits per heavy atom. The monoisotopic (exact) mass is 186 g/mol. The molecule has 1 aliphatic heterocycles. The van der Waals surface area contributed by atoms with E-state index in [0.29, 0.717) is 0 Å². The third-order valence-electron chi connectivity index (χ3n) is 2.98. The molecule has 1 aliphatic rings. The Labute approximate surface area is 83.3 Å². The van der Waals surface area contributed by atoms with Crippen molar-refractivity contribution in [2.24, 2.45) is 0 Å². The Kier molecular flexibility index (Phi) is 1.81. The van der Waals surface area contributed by atoms with Crippen LogP contribution in [0.1, 0.15) is 17.7 Å². The molecule has 0 aliphatic carbocycles. The van der Waals surface area contributed by atoms with Crippen molar-refractivity contribution >= 4 is 10.9 Å². The van der Waals surface area contributed by atoms with Crippen LogP contribution in [0, 0.1) is 0 Å². The van der Waals surface area contributed by atoms with Crippen molar-refractivity contribution < 1.29 is 0 Å². The smallest absolute Gasteiger partial charge is 0.0459 e. The van der Waals surface area contributed by atoms with Gasteiger partial charge < -0.3 is 10.3 Å². The molecule has 0 saturated carbocycles. The average Bonchev–Trinajstić information content (AvgIpc) is 2.42. The van der Waals surface area contributed by atoms with E-state index in [4.69, 9.17) is 0 Å². The minimum atomic E-state index is 0.990. The Morgan fingerprint density at radius 1 is 1.14 bits per heavy atom. The molecule has 72 valence electrons. The summed E-state index contributed by atoms with van der Waals surface area (Å²) in [6, 6.07) is 8.58. The lowest BCUT2D eigenvalue weighted by Gasteiger charge is -1.96. The Balaban J connectivity index is 2.24. The van der Waals surface area contributed by atoms with Crippen LogP contribution in [-0.2, 0) is 13.0 Å². The highest BCUT2D eigenvalue weighted by atomic mass is 14.9. The first kappa shape index (κ1) is 8.06. The van der Waals surface area contributed by atoms with Gasteiger partial charge >= 0.3 is 0 Å². The lowest BCUT2D eigenvalue weighted by atomic mass is 10.1. The molecule has 0 radical (unpaired) electrons. The van der Waals surface area contributed by atoms with E-state index in [1.165, 1.54) is 35.0 Å². The molecule has 2 heteroatoms. The first-order valence-electron chi connectivity index (χ1n) is 5.24. The number of benzene rings is 1. The van der Waals surface area contributed by atoms with Gasteiger partial charge in [-0.05, 0) is 31.0 Å². The molecule has 2 aromatic rings. The molecular formula is C12H14N2. The molecule has 2 N–H and O–H groups in total. The minimum absolute atomic E-state index is 0.990. The van der Waals surface area contributed by atoms with Crippen molar-refractivity contribution in [3.8, 4) is 0 Å². The van der Waals surface area contributed by atoms with Crippen molar-refractivity contribution in [2.75, 3.05) is 6.54 Å². The van der Waals surface area contributed by atoms with Crippen LogP contribution >= 0.6 is 0 Å². The number of H-pyrrole nitrogens is 1. The molecule has 0 amide bonds. The van der Waals surface area contributed by atoms with Gasteiger partial charge in [0.2, 0.25) is 0 Å². The molecule has 0 saturated heterocycles. The normalized spacial score (nSPS) is 16.6. The number of nitrogens with one attached hydrogen (secondary N) is 2. The third kappa shape index (κ3) is 1.15. The van der Waals surface area contributed by atoms with E-state index in [2.05, 4.69) is 34.6 Å². The second-order valence-corrected chi connectivity index (χ2v) is 3.91. The zero-order chi connectivity index (χ0) is 9.38. The van der Waals surface area contributed by atoms with Gasteiger partial charge in [-0.2, -0.15) is 0 Å². The Hall–Kier alpha value is -1.28. The van der Waals surface area contributed by atoms with Gasteiger partial charge in [-0.1, -0.05) is 18.2 Å². The van der Waals surface area contributed by atoms with Crippen LogP contribution < -0.4 is 5.32 Å². The standard InChI is InChI=1S/C12H14N2/c1-2-6-11-9(4-1)10-5-3-7-13-8-12(10)14-11/h1-2,4,6,13-14H,3,5,7-8H2. The summed E-state index contributed by atoms with van der Waals surface area (Å²) in [5.41, 5.74) is 4.18. The highest BCUT2D eigenvalue weighted by Gasteiger charge is 2.12. The van der Waals surface area contributed by atoms with Crippen LogP contribution in [0.2, 0.25) is 0 Å². The van der Waals surface area contributed by atoms with Crippen LogP contribution in [0.5, 0.6) is 0 Å². The second-order valence-electron chi connectivity index (χ2n) is 3.91. The zero-order valence-electron chi connectivity index (χ0n) is 8.14. The van der Waals surface area contributed by atoms with Crippen LogP contribution in [-0.4, -0.2) is 11.5 Å². The van der Waals surface area contributed by atoms with Gasteiger partial charge in [0.1, 0.15) is 0 Å². The average molecular weight is 186 g/mol. The minimum Gasteiger partial charge on any atom is -0.357 e. The molecule has 0 bridgehead atoms. The fourth-order valence-electron chi connectivity index (χ4n) is 2.30. The molecular weight excluding hydrogens is 172 g/mol. The summed E-state index contributed by atoms with van der Waals surface area (Å²) in [5, 5.41) is 4.84. The van der Waals surface area contributed by atoms with Crippen molar-refractivity contribution in [1.29, 1.82) is 0 Å². The summed E-state index contributed by atoms with van der Waals surface area (Å²) in [6.07, 6.45) is 2.45. The van der Waals surface area contributed by atoms with Gasteiger partial charge in [-0.3, -0.25) is 0 Å². The predicted molar refractivity (Wildman–Crippen MR) is 58.3 cm³/mol. The number of hydrogen-bond acceptors (Lipinski definition) is 1. The molecule has 3 rings (SSSR count). The second kappa shape index (κ2) is 3.14. The van der Waals surface area contributed by atoms with Gasteiger partial charge in [0.25, 0.3) is 0 Å². The number of fused-ring (bicyclic) bond motifs is 3. The largest absolute Gasteiger partial charge is 0.357 e. The topological polar surface area (TPSA) is 27.8 Å². The SMILES string of the molecule is c1ccc2c3c([nH]c2c1)CNCCC3. The van der Waals surface area contributed by atoms with E-state index < -0.39 is 0 Å². The lowest BCUT2D eigenvalue weighted by molar-refractivity contribution is 0.675. The molecule has 0 unspecified atom stereocenters. The lowest BCUT2D eigenvalue weighted by Crippen LogP contribution is -2.12. The Morgan fingerprint density at radius 2 is 2.07 bits per heavy atom. The van der Waals surface area contributed by atoms with Crippen LogP contribution in [0.4, 0.5) is 0 Å². The molecule has 2 heterocycles. The zero-order valence-corrected chi connectivity index (χ0v) is 8.14. The highest BCUT2D eigenvalue weighted by molar-refractivity contribution is 5.84. The van der Waals surface area contributed by atoms with Gasteiger partial charge in [-0.25, -0.2) is 0 Å². The summed E-state index contributed by atoms with van der Waals surface area (Å²) < 4.78 is 0. The van der Waals surface area contributed by atoms with Gasteiger partial charge in [-0.15, -0.1) is 0 Å². The first-order chi connectivity index (χ1) is 6.95. The number of aromatic amines is 1. The summed E-state index contributed by atoms with van der Waals surface area (Å²) >= 11 is 0. The number of aryl methyl sites for hydroxylation is 1. The summed E-state index contributed by atoms with van der Waals surface area (Å²) in [7, 11) is 0. The molecule has 0 atom stereocenters. The number of rotatable bonds is 0. The van der Waals surface area contributed by atoms with Crippen LogP contribution in [0.15, 0.2) is 24.3 Å². The van der Waals surface area contributed by atoms with Crippen LogP contribution in [0.25, 0.3) is 10.9 Å². The predicted octanol–water partition coefficient (Wildman–Crippen LogP) is 2.20. The van der Waals surface area contributed by atoms with E-state index in [1.807, 2.05) is 0 Å². The van der Waals surface area contributed by atoms with E-state index in [0.717, 1.165) is 13.1 Å². The van der Waals surface area contributed by atoms with E-state index >= 15 is 0 Å². The third-order valence-corrected chi connectivity index (χ3v) is 2.98. The van der Waals surface area contributed by atoms with Gasteiger partial charge in [0, 0.05) is 23.1 Å². The van der Waals surface area contributed by atoms with Crippen LogP contribution in [0.3, 0.4) is 0 Å². The van der Waals surface area contributed by atoms with Crippen molar-refractivity contribution in [3.05, 3.63) is 35.5 Å². The van der Waals surface area contributed by atoms with Gasteiger partial charge in [0.05, 0.1) is 0 Å². The van der Waals surface area contributed by atoms with Crippen molar-refractivity contribution in [3.63, 3.8) is 0 Å². The molecule has 14 heavy (non-hydrogen) atoms. The quantitative estimate of drug-likeness (QED) is 0.648. The summed E-state index contributed by atoms with van der Waals surface area (Å²) in [4.78, 5) is 3.49. The fourth-order valence-corrected chi connectivity index (χ4v) is 2.30. The van der Waals surface area contributed by atoms with Gasteiger partial charge in [0.15, 0.2) is 0 Å². The molecule has 0 fully saturated rings. The molecule has 0 spiro atoms. The maximum Gasteiger partial charge on any atom is 0.0459 e. The number of aromatic nitrogens is 1. The molecule has 1 aromatic carbocycles. The highest BCUT2D eigenvalue weighted by Crippen LogP contribution is 2.24. The summed E-state index contributed by atoms with van der Waals surface area (Å²) in [5.74, 6) is 0. The molecule has 2 nitrogen and oxygen atoms in total. The Bertz CT molecular complexity index is 456. The fraction of sp³-hybridized carbons (Fsp3) is 0.333. The van der Waals surface area contributed by atoms with E-state index in [-0.39, 0.29) is 0 Å². The van der Waals surface area contributed by atoms with E-state index in [9.17, 15) is 0 Å². The van der Waals surface area contributed by atoms with Crippen molar-refractivity contribution in [2.45, 2.75) is 19.4 Å². The maximum absolute atomic E-state index is 3.49.